The van der Waals surface area contributed by atoms with Gasteiger partial charge in [0, 0.05) is 0 Å². The van der Waals surface area contributed by atoms with E-state index in [1.807, 2.05) is 41.5 Å². The summed E-state index contributed by atoms with van der Waals surface area (Å²) in [5.74, 6) is 1.00. The van der Waals surface area contributed by atoms with E-state index in [2.05, 4.69) is 20.8 Å². The van der Waals surface area contributed by atoms with Gasteiger partial charge >= 0.3 is 0 Å². The number of rotatable bonds is 1. The zero-order chi connectivity index (χ0) is 13.6. The molecule has 1 aliphatic carbocycles. The Kier molecular flexibility index (Phi) is 20.0. The lowest BCUT2D eigenvalue weighted by atomic mass is 9.68. The highest BCUT2D eigenvalue weighted by atomic mass is 14.4. The first-order valence-electron chi connectivity index (χ1n) is 7.67. The topological polar surface area (TPSA) is 0 Å². The standard InChI is InChI=1S/C10H20.3C2H6/c1-4-9-7-5-6-8-10(9,2)3;3*1-2/h9H,4-8H2,1-3H3;3*1-2H3. The molecule has 0 aliphatic heterocycles. The van der Waals surface area contributed by atoms with Crippen molar-refractivity contribution < 1.29 is 0 Å². The smallest absolute Gasteiger partial charge is 0.0326 e. The zero-order valence-corrected chi connectivity index (χ0v) is 13.6. The normalized spacial score (nSPS) is 21.2. The minimum absolute atomic E-state index is 0.646. The van der Waals surface area contributed by atoms with Crippen molar-refractivity contribution in [1.29, 1.82) is 0 Å². The van der Waals surface area contributed by atoms with Crippen molar-refractivity contribution in [3.8, 4) is 0 Å². The van der Waals surface area contributed by atoms with Gasteiger partial charge in [0.25, 0.3) is 0 Å². The maximum Gasteiger partial charge on any atom is -0.0326 e. The second kappa shape index (κ2) is 15.0. The molecule has 1 rings (SSSR count). The molecule has 0 aromatic heterocycles. The van der Waals surface area contributed by atoms with Gasteiger partial charge in [0.15, 0.2) is 0 Å². The summed E-state index contributed by atoms with van der Waals surface area (Å²) in [4.78, 5) is 0. The molecule has 1 saturated carbocycles. The predicted octanol–water partition coefficient (Wildman–Crippen LogP) is 6.69. The minimum Gasteiger partial charge on any atom is -0.0683 e. The molecule has 102 valence electrons. The van der Waals surface area contributed by atoms with E-state index in [0.29, 0.717) is 5.41 Å². The van der Waals surface area contributed by atoms with E-state index >= 15 is 0 Å². The highest BCUT2D eigenvalue weighted by molar-refractivity contribution is 4.81. The first-order valence-corrected chi connectivity index (χ1v) is 7.67. The molecule has 1 unspecified atom stereocenters. The summed E-state index contributed by atoms with van der Waals surface area (Å²) in [6.45, 7) is 19.2. The maximum absolute atomic E-state index is 2.43. The van der Waals surface area contributed by atoms with Gasteiger partial charge in [0.05, 0.1) is 0 Å². The Labute approximate surface area is 106 Å². The maximum atomic E-state index is 2.43. The molecule has 0 saturated heterocycles. The fourth-order valence-electron chi connectivity index (χ4n) is 2.32. The van der Waals surface area contributed by atoms with Crippen molar-refractivity contribution in [2.24, 2.45) is 11.3 Å². The van der Waals surface area contributed by atoms with Gasteiger partial charge in [-0.05, 0) is 24.2 Å². The van der Waals surface area contributed by atoms with Gasteiger partial charge < -0.3 is 0 Å². The van der Waals surface area contributed by atoms with Gasteiger partial charge in [-0.15, -0.1) is 0 Å². The Morgan fingerprint density at radius 3 is 1.56 bits per heavy atom. The van der Waals surface area contributed by atoms with E-state index in [1.165, 1.54) is 32.1 Å². The Bertz CT molecular complexity index is 103. The van der Waals surface area contributed by atoms with Crippen LogP contribution < -0.4 is 0 Å². The Hall–Kier alpha value is 0. The number of hydrogen-bond acceptors (Lipinski definition) is 0. The summed E-state index contributed by atoms with van der Waals surface area (Å²) < 4.78 is 0. The third kappa shape index (κ3) is 9.24. The quantitative estimate of drug-likeness (QED) is 0.470. The molecule has 0 heterocycles. The average Bonchev–Trinajstić information content (AvgIpc) is 2.36. The third-order valence-corrected chi connectivity index (χ3v) is 3.22. The molecule has 0 aromatic rings. The molecule has 1 fully saturated rings. The summed E-state index contributed by atoms with van der Waals surface area (Å²) >= 11 is 0. The highest BCUT2D eigenvalue weighted by Crippen LogP contribution is 2.41. The second-order valence-electron chi connectivity index (χ2n) is 4.34. The summed E-state index contributed by atoms with van der Waals surface area (Å²) in [5.41, 5.74) is 0.646. The zero-order valence-electron chi connectivity index (χ0n) is 13.6. The minimum atomic E-state index is 0.646. The van der Waals surface area contributed by atoms with Crippen LogP contribution in [0, 0.1) is 11.3 Å². The fourth-order valence-corrected chi connectivity index (χ4v) is 2.32. The van der Waals surface area contributed by atoms with E-state index in [1.54, 1.807) is 0 Å². The van der Waals surface area contributed by atoms with Crippen LogP contribution in [-0.2, 0) is 0 Å². The van der Waals surface area contributed by atoms with E-state index in [-0.39, 0.29) is 0 Å². The molecular weight excluding hydrogens is 192 g/mol. The first-order chi connectivity index (χ1) is 7.67. The van der Waals surface area contributed by atoms with Gasteiger partial charge in [0.1, 0.15) is 0 Å². The molecule has 16 heavy (non-hydrogen) atoms. The van der Waals surface area contributed by atoms with Crippen LogP contribution in [0.2, 0.25) is 0 Å². The SMILES string of the molecule is CC.CC.CC.CCC1CCCCC1(C)C. The van der Waals surface area contributed by atoms with Crippen LogP contribution in [0.3, 0.4) is 0 Å². The Morgan fingerprint density at radius 1 is 0.875 bits per heavy atom. The lowest BCUT2D eigenvalue weighted by molar-refractivity contribution is 0.134. The van der Waals surface area contributed by atoms with Crippen molar-refractivity contribution in [1.82, 2.24) is 0 Å². The molecule has 0 spiro atoms. The lowest BCUT2D eigenvalue weighted by Crippen LogP contribution is -2.26. The van der Waals surface area contributed by atoms with Gasteiger partial charge in [-0.1, -0.05) is 81.6 Å². The predicted molar refractivity (Wildman–Crippen MR) is 80.1 cm³/mol. The Balaban J connectivity index is -0.000000245. The summed E-state index contributed by atoms with van der Waals surface area (Å²) in [6, 6.07) is 0. The molecule has 0 amide bonds. The van der Waals surface area contributed by atoms with Crippen LogP contribution in [-0.4, -0.2) is 0 Å². The third-order valence-electron chi connectivity index (χ3n) is 3.22. The Morgan fingerprint density at radius 2 is 1.31 bits per heavy atom. The second-order valence-corrected chi connectivity index (χ2v) is 4.34. The summed E-state index contributed by atoms with van der Waals surface area (Å²) in [5, 5.41) is 0. The van der Waals surface area contributed by atoms with Gasteiger partial charge in [-0.2, -0.15) is 0 Å². The van der Waals surface area contributed by atoms with E-state index < -0.39 is 0 Å². The fraction of sp³-hybridized carbons (Fsp3) is 1.00. The monoisotopic (exact) mass is 230 g/mol. The summed E-state index contributed by atoms with van der Waals surface area (Å²) in [7, 11) is 0. The van der Waals surface area contributed by atoms with Crippen LogP contribution in [0.25, 0.3) is 0 Å². The van der Waals surface area contributed by atoms with Gasteiger partial charge in [0.2, 0.25) is 0 Å². The van der Waals surface area contributed by atoms with Crippen LogP contribution in [0.4, 0.5) is 0 Å². The molecule has 0 aromatic carbocycles. The van der Waals surface area contributed by atoms with Crippen LogP contribution >= 0.6 is 0 Å². The van der Waals surface area contributed by atoms with E-state index in [9.17, 15) is 0 Å². The van der Waals surface area contributed by atoms with Crippen LogP contribution in [0.5, 0.6) is 0 Å². The van der Waals surface area contributed by atoms with Crippen LogP contribution in [0.15, 0.2) is 0 Å². The van der Waals surface area contributed by atoms with E-state index in [4.69, 9.17) is 0 Å². The molecule has 0 bridgehead atoms. The molecule has 0 N–H and O–H groups in total. The van der Waals surface area contributed by atoms with Crippen molar-refractivity contribution in [3.05, 3.63) is 0 Å². The molecule has 1 atom stereocenters. The molecule has 0 radical (unpaired) electrons. The number of hydrogen-bond donors (Lipinski definition) is 0. The van der Waals surface area contributed by atoms with Crippen LogP contribution in [0.1, 0.15) is 94.4 Å². The molecular formula is C16H38. The van der Waals surface area contributed by atoms with Crippen molar-refractivity contribution in [2.75, 3.05) is 0 Å². The first kappa shape index (κ1) is 21.3. The van der Waals surface area contributed by atoms with Crippen molar-refractivity contribution in [3.63, 3.8) is 0 Å². The molecule has 1 aliphatic rings. The summed E-state index contributed by atoms with van der Waals surface area (Å²) in [6.07, 6.45) is 7.24. The average molecular weight is 230 g/mol. The largest absolute Gasteiger partial charge is 0.0683 e. The van der Waals surface area contributed by atoms with Crippen molar-refractivity contribution in [2.45, 2.75) is 94.4 Å². The molecule has 0 nitrogen and oxygen atoms in total. The molecule has 0 heteroatoms. The highest BCUT2D eigenvalue weighted by Gasteiger charge is 2.30. The van der Waals surface area contributed by atoms with Gasteiger partial charge in [-0.25, -0.2) is 0 Å². The van der Waals surface area contributed by atoms with Crippen molar-refractivity contribution >= 4 is 0 Å². The van der Waals surface area contributed by atoms with E-state index in [0.717, 1.165) is 5.92 Å². The lowest BCUT2D eigenvalue weighted by Gasteiger charge is -2.38. The van der Waals surface area contributed by atoms with Gasteiger partial charge in [-0.3, -0.25) is 0 Å².